The molecule has 17 heavy (non-hydrogen) atoms. The summed E-state index contributed by atoms with van der Waals surface area (Å²) < 4.78 is 0. The van der Waals surface area contributed by atoms with Gasteiger partial charge in [-0.2, -0.15) is 0 Å². The largest absolute Gasteiger partial charge is 0.388 e. The number of carbonyl (C=O) groups is 1. The third-order valence-electron chi connectivity index (χ3n) is 2.65. The first kappa shape index (κ1) is 11.8. The average molecular weight is 250 g/mol. The number of hydrogen-bond donors (Lipinski definition) is 3. The van der Waals surface area contributed by atoms with E-state index in [1.165, 1.54) is 0 Å². The van der Waals surface area contributed by atoms with Crippen molar-refractivity contribution in [3.63, 3.8) is 0 Å². The SMILES string of the molecule is NC(=S)c1cc(NCC2CCC(=O)N2)ccn1. The number of rotatable bonds is 4. The molecule has 1 aliphatic heterocycles. The Morgan fingerprint density at radius 1 is 1.71 bits per heavy atom. The molecule has 1 saturated heterocycles. The zero-order chi connectivity index (χ0) is 12.3. The first-order chi connectivity index (χ1) is 8.15. The highest BCUT2D eigenvalue weighted by atomic mass is 32.1. The lowest BCUT2D eigenvalue weighted by atomic mass is 10.2. The highest BCUT2D eigenvalue weighted by Gasteiger charge is 2.19. The number of hydrogen-bond acceptors (Lipinski definition) is 4. The van der Waals surface area contributed by atoms with Crippen molar-refractivity contribution in [2.24, 2.45) is 5.73 Å². The predicted molar refractivity (Wildman–Crippen MR) is 69.8 cm³/mol. The smallest absolute Gasteiger partial charge is 0.220 e. The van der Waals surface area contributed by atoms with Crippen molar-refractivity contribution in [1.29, 1.82) is 0 Å². The van der Waals surface area contributed by atoms with E-state index < -0.39 is 0 Å². The minimum absolute atomic E-state index is 0.121. The molecule has 1 unspecified atom stereocenters. The third-order valence-corrected chi connectivity index (χ3v) is 2.86. The molecule has 0 aromatic carbocycles. The number of aromatic nitrogens is 1. The van der Waals surface area contributed by atoms with E-state index in [9.17, 15) is 4.79 Å². The highest BCUT2D eigenvalue weighted by molar-refractivity contribution is 7.80. The fourth-order valence-corrected chi connectivity index (χ4v) is 1.86. The van der Waals surface area contributed by atoms with E-state index in [0.29, 0.717) is 18.7 Å². The average Bonchev–Trinajstić information content (AvgIpc) is 2.73. The lowest BCUT2D eigenvalue weighted by Crippen LogP contribution is -2.31. The highest BCUT2D eigenvalue weighted by Crippen LogP contribution is 2.11. The Balaban J connectivity index is 1.92. The minimum Gasteiger partial charge on any atom is -0.388 e. The van der Waals surface area contributed by atoms with E-state index in [1.807, 2.05) is 6.07 Å². The summed E-state index contributed by atoms with van der Waals surface area (Å²) in [6.07, 6.45) is 3.14. The molecule has 0 bridgehead atoms. The summed E-state index contributed by atoms with van der Waals surface area (Å²) in [6, 6.07) is 3.85. The fourth-order valence-electron chi connectivity index (χ4n) is 1.75. The summed E-state index contributed by atoms with van der Waals surface area (Å²) in [5, 5.41) is 6.13. The molecule has 0 radical (unpaired) electrons. The maximum absolute atomic E-state index is 11.0. The van der Waals surface area contributed by atoms with Crippen molar-refractivity contribution >= 4 is 28.8 Å². The first-order valence-corrected chi connectivity index (χ1v) is 5.85. The summed E-state index contributed by atoms with van der Waals surface area (Å²) in [6.45, 7) is 0.701. The summed E-state index contributed by atoms with van der Waals surface area (Å²) in [5.74, 6) is 0.121. The Morgan fingerprint density at radius 3 is 3.18 bits per heavy atom. The van der Waals surface area contributed by atoms with E-state index in [4.69, 9.17) is 18.0 Å². The van der Waals surface area contributed by atoms with Gasteiger partial charge >= 0.3 is 0 Å². The number of anilines is 1. The molecule has 1 fully saturated rings. The van der Waals surface area contributed by atoms with Crippen LogP contribution in [0.15, 0.2) is 18.3 Å². The first-order valence-electron chi connectivity index (χ1n) is 5.44. The number of nitrogens with two attached hydrogens (primary N) is 1. The van der Waals surface area contributed by atoms with Crippen LogP contribution in [0.5, 0.6) is 0 Å². The summed E-state index contributed by atoms with van der Waals surface area (Å²) in [7, 11) is 0. The molecule has 1 aliphatic rings. The summed E-state index contributed by atoms with van der Waals surface area (Å²) in [4.78, 5) is 15.4. The molecule has 2 rings (SSSR count). The Morgan fingerprint density at radius 2 is 2.53 bits per heavy atom. The standard InChI is InChI=1S/C11H14N4OS/c12-11(17)9-5-7(3-4-13-9)14-6-8-1-2-10(16)15-8/h3-5,8H,1-2,6H2,(H2,12,17)(H,13,14)(H,15,16). The van der Waals surface area contributed by atoms with Crippen LogP contribution in [0.25, 0.3) is 0 Å². The van der Waals surface area contributed by atoms with Crippen molar-refractivity contribution in [1.82, 2.24) is 10.3 Å². The summed E-state index contributed by atoms with van der Waals surface area (Å²) in [5.41, 5.74) is 7.01. The van der Waals surface area contributed by atoms with E-state index in [2.05, 4.69) is 15.6 Å². The number of nitrogens with zero attached hydrogens (tertiary/aromatic N) is 1. The second kappa shape index (κ2) is 5.09. The maximum Gasteiger partial charge on any atom is 0.220 e. The molecular weight excluding hydrogens is 236 g/mol. The molecule has 1 aromatic heterocycles. The van der Waals surface area contributed by atoms with Gasteiger partial charge in [-0.3, -0.25) is 9.78 Å². The molecule has 90 valence electrons. The Hall–Kier alpha value is -1.69. The van der Waals surface area contributed by atoms with E-state index in [0.717, 1.165) is 12.1 Å². The number of thiocarbonyl (C=S) groups is 1. The van der Waals surface area contributed by atoms with Crippen LogP contribution >= 0.6 is 12.2 Å². The number of nitrogens with one attached hydrogen (secondary N) is 2. The van der Waals surface area contributed by atoms with Crippen LogP contribution in [-0.4, -0.2) is 28.5 Å². The zero-order valence-electron chi connectivity index (χ0n) is 9.27. The zero-order valence-corrected chi connectivity index (χ0v) is 10.1. The Labute approximate surface area is 105 Å². The van der Waals surface area contributed by atoms with Gasteiger partial charge in [0.15, 0.2) is 0 Å². The van der Waals surface area contributed by atoms with Crippen molar-refractivity contribution in [2.45, 2.75) is 18.9 Å². The van der Waals surface area contributed by atoms with Crippen LogP contribution in [0.3, 0.4) is 0 Å². The Bertz CT molecular complexity index is 449. The second-order valence-electron chi connectivity index (χ2n) is 3.98. The second-order valence-corrected chi connectivity index (χ2v) is 4.42. The predicted octanol–water partition coefficient (Wildman–Crippen LogP) is 0.406. The van der Waals surface area contributed by atoms with Crippen LogP contribution in [0, 0.1) is 0 Å². The lowest BCUT2D eigenvalue weighted by Gasteiger charge is -2.12. The summed E-state index contributed by atoms with van der Waals surface area (Å²) >= 11 is 4.86. The topological polar surface area (TPSA) is 80.0 Å². The molecule has 0 saturated carbocycles. The van der Waals surface area contributed by atoms with Gasteiger partial charge in [0.05, 0.1) is 5.69 Å². The van der Waals surface area contributed by atoms with Gasteiger partial charge in [0.2, 0.25) is 5.91 Å². The molecular formula is C11H14N4OS. The molecule has 1 atom stereocenters. The van der Waals surface area contributed by atoms with Crippen LogP contribution in [0.4, 0.5) is 5.69 Å². The molecule has 0 spiro atoms. The van der Waals surface area contributed by atoms with Gasteiger partial charge in [-0.05, 0) is 18.6 Å². The van der Waals surface area contributed by atoms with Gasteiger partial charge in [-0.15, -0.1) is 0 Å². The van der Waals surface area contributed by atoms with E-state index in [-0.39, 0.29) is 16.9 Å². The van der Waals surface area contributed by atoms with Crippen LogP contribution in [0.2, 0.25) is 0 Å². The van der Waals surface area contributed by atoms with Gasteiger partial charge in [0.25, 0.3) is 0 Å². The van der Waals surface area contributed by atoms with Crippen molar-refractivity contribution in [3.8, 4) is 0 Å². The normalized spacial score (nSPS) is 18.8. The number of amides is 1. The minimum atomic E-state index is 0.121. The number of carbonyl (C=O) groups excluding carboxylic acids is 1. The van der Waals surface area contributed by atoms with Gasteiger partial charge in [0, 0.05) is 30.9 Å². The van der Waals surface area contributed by atoms with Gasteiger partial charge < -0.3 is 16.4 Å². The third kappa shape index (κ3) is 3.13. The Kier molecular flexibility index (Phi) is 3.53. The van der Waals surface area contributed by atoms with Gasteiger partial charge in [-0.1, -0.05) is 12.2 Å². The quantitative estimate of drug-likeness (QED) is 0.674. The molecule has 0 aliphatic carbocycles. The molecule has 4 N–H and O–H groups in total. The van der Waals surface area contributed by atoms with Crippen LogP contribution in [0.1, 0.15) is 18.5 Å². The van der Waals surface area contributed by atoms with E-state index >= 15 is 0 Å². The van der Waals surface area contributed by atoms with Crippen molar-refractivity contribution in [2.75, 3.05) is 11.9 Å². The van der Waals surface area contributed by atoms with E-state index in [1.54, 1.807) is 12.3 Å². The number of pyridine rings is 1. The molecule has 6 heteroatoms. The van der Waals surface area contributed by atoms with Crippen molar-refractivity contribution < 1.29 is 4.79 Å². The van der Waals surface area contributed by atoms with Gasteiger partial charge in [-0.25, -0.2) is 0 Å². The molecule has 1 aromatic rings. The molecule has 5 nitrogen and oxygen atoms in total. The molecule has 2 heterocycles. The van der Waals surface area contributed by atoms with Crippen LogP contribution < -0.4 is 16.4 Å². The monoisotopic (exact) mass is 250 g/mol. The fraction of sp³-hybridized carbons (Fsp3) is 0.364. The van der Waals surface area contributed by atoms with Crippen molar-refractivity contribution in [3.05, 3.63) is 24.0 Å². The molecule has 1 amide bonds. The maximum atomic E-state index is 11.0. The van der Waals surface area contributed by atoms with Gasteiger partial charge in [0.1, 0.15) is 4.99 Å². The lowest BCUT2D eigenvalue weighted by molar-refractivity contribution is -0.119. The van der Waals surface area contributed by atoms with Crippen LogP contribution in [-0.2, 0) is 4.79 Å².